The predicted octanol–water partition coefficient (Wildman–Crippen LogP) is 3.19. The third kappa shape index (κ3) is 3.35. The van der Waals surface area contributed by atoms with Crippen LogP contribution in [0.4, 0.5) is 4.39 Å². The van der Waals surface area contributed by atoms with Crippen molar-refractivity contribution in [3.63, 3.8) is 0 Å². The molecule has 0 fully saturated rings. The second kappa shape index (κ2) is 5.66. The van der Waals surface area contributed by atoms with Crippen LogP contribution in [0.5, 0.6) is 5.75 Å². The maximum absolute atomic E-state index is 13.6. The van der Waals surface area contributed by atoms with Crippen LogP contribution < -0.4 is 10.5 Å². The van der Waals surface area contributed by atoms with Gasteiger partial charge in [-0.05, 0) is 36.6 Å². The SMILES string of the molecule is C=C(CC)COc1ccc(C(C)N)cc1F. The molecule has 88 valence electrons. The normalized spacial score (nSPS) is 12.2. The molecule has 0 saturated carbocycles. The fraction of sp³-hybridized carbons (Fsp3) is 0.385. The molecule has 0 bridgehead atoms. The van der Waals surface area contributed by atoms with Crippen LogP contribution >= 0.6 is 0 Å². The molecule has 3 heteroatoms. The number of hydrogen-bond acceptors (Lipinski definition) is 2. The highest BCUT2D eigenvalue weighted by Gasteiger charge is 2.07. The van der Waals surface area contributed by atoms with E-state index >= 15 is 0 Å². The van der Waals surface area contributed by atoms with Gasteiger partial charge in [-0.25, -0.2) is 4.39 Å². The number of nitrogens with two attached hydrogens (primary N) is 1. The van der Waals surface area contributed by atoms with Crippen molar-refractivity contribution >= 4 is 0 Å². The van der Waals surface area contributed by atoms with Gasteiger partial charge < -0.3 is 10.5 Å². The minimum atomic E-state index is -0.376. The highest BCUT2D eigenvalue weighted by molar-refractivity contribution is 5.31. The van der Waals surface area contributed by atoms with Crippen molar-refractivity contribution < 1.29 is 9.13 Å². The molecule has 2 nitrogen and oxygen atoms in total. The van der Waals surface area contributed by atoms with E-state index in [0.29, 0.717) is 6.61 Å². The molecule has 0 amide bonds. The maximum Gasteiger partial charge on any atom is 0.165 e. The molecule has 2 N–H and O–H groups in total. The van der Waals surface area contributed by atoms with Crippen LogP contribution in [0.3, 0.4) is 0 Å². The smallest absolute Gasteiger partial charge is 0.165 e. The second-order valence-electron chi connectivity index (χ2n) is 3.87. The quantitative estimate of drug-likeness (QED) is 0.778. The van der Waals surface area contributed by atoms with E-state index in [0.717, 1.165) is 17.6 Å². The summed E-state index contributed by atoms with van der Waals surface area (Å²) in [6.45, 7) is 7.95. The van der Waals surface area contributed by atoms with E-state index in [2.05, 4.69) is 6.58 Å². The van der Waals surface area contributed by atoms with Gasteiger partial charge in [0.05, 0.1) is 0 Å². The zero-order valence-corrected chi connectivity index (χ0v) is 9.79. The Morgan fingerprint density at radius 1 is 1.56 bits per heavy atom. The molecule has 16 heavy (non-hydrogen) atoms. The summed E-state index contributed by atoms with van der Waals surface area (Å²) >= 11 is 0. The summed E-state index contributed by atoms with van der Waals surface area (Å²) < 4.78 is 18.9. The van der Waals surface area contributed by atoms with Gasteiger partial charge in [0.25, 0.3) is 0 Å². The molecule has 0 aromatic heterocycles. The standard InChI is InChI=1S/C13H18FNO/c1-4-9(2)8-16-13-6-5-11(10(3)15)7-12(13)14/h5-7,10H,2,4,8,15H2,1,3H3. The third-order valence-corrected chi connectivity index (χ3v) is 2.41. The summed E-state index contributed by atoms with van der Waals surface area (Å²) in [5.74, 6) is -0.127. The van der Waals surface area contributed by atoms with Crippen LogP contribution in [0.15, 0.2) is 30.4 Å². The Balaban J connectivity index is 2.72. The Morgan fingerprint density at radius 2 is 2.25 bits per heavy atom. The van der Waals surface area contributed by atoms with Crippen molar-refractivity contribution in [3.8, 4) is 5.75 Å². The summed E-state index contributed by atoms with van der Waals surface area (Å²) in [6, 6.07) is 4.62. The van der Waals surface area contributed by atoms with Crippen molar-refractivity contribution in [2.45, 2.75) is 26.3 Å². The molecule has 0 aliphatic carbocycles. The fourth-order valence-corrected chi connectivity index (χ4v) is 1.20. The molecule has 1 atom stereocenters. The highest BCUT2D eigenvalue weighted by Crippen LogP contribution is 2.21. The molecule has 0 heterocycles. The lowest BCUT2D eigenvalue weighted by Crippen LogP contribution is -2.06. The molecule has 0 spiro atoms. The van der Waals surface area contributed by atoms with Gasteiger partial charge in [0.2, 0.25) is 0 Å². The van der Waals surface area contributed by atoms with Gasteiger partial charge in [-0.2, -0.15) is 0 Å². The van der Waals surface area contributed by atoms with E-state index in [-0.39, 0.29) is 17.6 Å². The number of rotatable bonds is 5. The maximum atomic E-state index is 13.6. The molecular weight excluding hydrogens is 205 g/mol. The van der Waals surface area contributed by atoms with Crippen LogP contribution in [0.25, 0.3) is 0 Å². The first-order valence-corrected chi connectivity index (χ1v) is 5.39. The number of benzene rings is 1. The van der Waals surface area contributed by atoms with Gasteiger partial charge >= 0.3 is 0 Å². The summed E-state index contributed by atoms with van der Waals surface area (Å²) in [5.41, 5.74) is 7.36. The van der Waals surface area contributed by atoms with Gasteiger partial charge in [0, 0.05) is 6.04 Å². The van der Waals surface area contributed by atoms with E-state index in [1.165, 1.54) is 6.07 Å². The number of ether oxygens (including phenoxy) is 1. The minimum absolute atomic E-state index is 0.172. The van der Waals surface area contributed by atoms with Crippen LogP contribution in [0, 0.1) is 5.82 Å². The van der Waals surface area contributed by atoms with Crippen molar-refractivity contribution in [1.29, 1.82) is 0 Å². The van der Waals surface area contributed by atoms with Gasteiger partial charge in [-0.15, -0.1) is 0 Å². The molecule has 0 aliphatic heterocycles. The van der Waals surface area contributed by atoms with Gasteiger partial charge in [-0.1, -0.05) is 19.6 Å². The summed E-state index contributed by atoms with van der Waals surface area (Å²) in [4.78, 5) is 0. The van der Waals surface area contributed by atoms with Crippen LogP contribution in [-0.2, 0) is 0 Å². The molecule has 1 unspecified atom stereocenters. The monoisotopic (exact) mass is 223 g/mol. The van der Waals surface area contributed by atoms with Gasteiger partial charge in [0.1, 0.15) is 6.61 Å². The lowest BCUT2D eigenvalue weighted by molar-refractivity contribution is 0.329. The second-order valence-corrected chi connectivity index (χ2v) is 3.87. The van der Waals surface area contributed by atoms with Gasteiger partial charge in [0.15, 0.2) is 11.6 Å². The molecule has 0 saturated heterocycles. The topological polar surface area (TPSA) is 35.2 Å². The largest absolute Gasteiger partial charge is 0.486 e. The molecular formula is C13H18FNO. The van der Waals surface area contributed by atoms with Crippen molar-refractivity contribution in [2.75, 3.05) is 6.61 Å². The lowest BCUT2D eigenvalue weighted by atomic mass is 10.1. The minimum Gasteiger partial charge on any atom is -0.486 e. The molecule has 0 aliphatic rings. The molecule has 1 rings (SSSR count). The van der Waals surface area contributed by atoms with Crippen LogP contribution in [0.2, 0.25) is 0 Å². The summed E-state index contributed by atoms with van der Waals surface area (Å²) in [7, 11) is 0. The zero-order valence-electron chi connectivity index (χ0n) is 9.79. The van der Waals surface area contributed by atoms with E-state index in [4.69, 9.17) is 10.5 Å². The predicted molar refractivity (Wildman–Crippen MR) is 63.9 cm³/mol. The number of halogens is 1. The Morgan fingerprint density at radius 3 is 2.75 bits per heavy atom. The lowest BCUT2D eigenvalue weighted by Gasteiger charge is -2.10. The molecule has 1 aromatic carbocycles. The number of hydrogen-bond donors (Lipinski definition) is 1. The van der Waals surface area contributed by atoms with E-state index in [1.807, 2.05) is 13.8 Å². The van der Waals surface area contributed by atoms with E-state index in [9.17, 15) is 4.39 Å². The van der Waals surface area contributed by atoms with Crippen molar-refractivity contribution in [1.82, 2.24) is 0 Å². The Labute approximate surface area is 95.9 Å². The van der Waals surface area contributed by atoms with Gasteiger partial charge in [-0.3, -0.25) is 0 Å². The van der Waals surface area contributed by atoms with Crippen molar-refractivity contribution in [3.05, 3.63) is 41.7 Å². The Hall–Kier alpha value is -1.35. The van der Waals surface area contributed by atoms with E-state index in [1.54, 1.807) is 12.1 Å². The van der Waals surface area contributed by atoms with Crippen LogP contribution in [0.1, 0.15) is 31.9 Å². The molecule has 0 radical (unpaired) electrons. The average Bonchev–Trinajstić information content (AvgIpc) is 2.26. The first kappa shape index (κ1) is 12.7. The zero-order chi connectivity index (χ0) is 12.1. The van der Waals surface area contributed by atoms with Crippen molar-refractivity contribution in [2.24, 2.45) is 5.73 Å². The Kier molecular flexibility index (Phi) is 4.50. The first-order valence-electron chi connectivity index (χ1n) is 5.39. The summed E-state index contributed by atoms with van der Waals surface area (Å²) in [6.07, 6.45) is 0.833. The summed E-state index contributed by atoms with van der Waals surface area (Å²) in [5, 5.41) is 0. The molecule has 1 aromatic rings. The fourth-order valence-electron chi connectivity index (χ4n) is 1.20. The Bertz CT molecular complexity index is 374. The average molecular weight is 223 g/mol. The third-order valence-electron chi connectivity index (χ3n) is 2.41. The highest BCUT2D eigenvalue weighted by atomic mass is 19.1. The van der Waals surface area contributed by atoms with Crippen LogP contribution in [-0.4, -0.2) is 6.61 Å². The first-order chi connectivity index (χ1) is 7.54. The van der Waals surface area contributed by atoms with E-state index < -0.39 is 0 Å².